The van der Waals surface area contributed by atoms with Gasteiger partial charge in [-0.2, -0.15) is 5.26 Å². The number of nitrogens with one attached hydrogen (secondary N) is 4. The summed E-state index contributed by atoms with van der Waals surface area (Å²) in [6.45, 7) is 1.22. The Morgan fingerprint density at radius 2 is 1.74 bits per heavy atom. The summed E-state index contributed by atoms with van der Waals surface area (Å²) < 4.78 is 5.67. The normalized spacial score (nSPS) is 15.6. The summed E-state index contributed by atoms with van der Waals surface area (Å²) in [5.41, 5.74) is 7.02. The van der Waals surface area contributed by atoms with Crippen molar-refractivity contribution in [2.45, 2.75) is 12.5 Å². The lowest BCUT2D eigenvalue weighted by Gasteiger charge is -2.11. The number of hydrogen-bond donors (Lipinski definition) is 4. The number of rotatable bonds is 5. The molecule has 0 saturated carbocycles. The van der Waals surface area contributed by atoms with E-state index >= 15 is 0 Å². The summed E-state index contributed by atoms with van der Waals surface area (Å²) in [7, 11) is 0. The van der Waals surface area contributed by atoms with Crippen molar-refractivity contribution in [1.82, 2.24) is 16.2 Å². The first kappa shape index (κ1) is 18.4. The summed E-state index contributed by atoms with van der Waals surface area (Å²) in [6, 6.07) is 15.6. The summed E-state index contributed by atoms with van der Waals surface area (Å²) in [5.74, 6) is -0.231. The number of hydrogen-bond acceptors (Lipinski definition) is 6. The number of nitriles is 1. The van der Waals surface area contributed by atoms with Gasteiger partial charge in [-0.05, 0) is 55.0 Å². The molecule has 1 aliphatic heterocycles. The van der Waals surface area contributed by atoms with E-state index < -0.39 is 11.8 Å². The Balaban J connectivity index is 1.49. The van der Waals surface area contributed by atoms with Gasteiger partial charge in [-0.3, -0.25) is 20.4 Å². The molecular weight excluding hydrogens is 346 g/mol. The fourth-order valence-electron chi connectivity index (χ4n) is 2.51. The molecule has 4 N–H and O–H groups in total. The Bertz CT molecular complexity index is 837. The predicted octanol–water partition coefficient (Wildman–Crippen LogP) is 1.27. The second-order valence-electron chi connectivity index (χ2n) is 5.98. The minimum atomic E-state index is -0.721. The van der Waals surface area contributed by atoms with Gasteiger partial charge < -0.3 is 15.4 Å². The molecule has 2 amide bonds. The maximum atomic E-state index is 11.9. The Hall–Kier alpha value is -3.41. The molecule has 138 valence electrons. The van der Waals surface area contributed by atoms with E-state index in [9.17, 15) is 9.59 Å². The average Bonchev–Trinajstić information content (AvgIpc) is 3.22. The smallest absolute Gasteiger partial charge is 0.313 e. The molecule has 2 aromatic rings. The zero-order valence-corrected chi connectivity index (χ0v) is 14.5. The summed E-state index contributed by atoms with van der Waals surface area (Å²) in [6.07, 6.45) is 0.891. The number of amides is 2. The number of anilines is 1. The molecular formula is C19H19N5O3. The van der Waals surface area contributed by atoms with Crippen LogP contribution in [0.2, 0.25) is 0 Å². The zero-order chi connectivity index (χ0) is 19.1. The number of ether oxygens (including phenoxy) is 1. The molecule has 0 aromatic heterocycles. The second kappa shape index (κ2) is 8.80. The Kier molecular flexibility index (Phi) is 5.99. The van der Waals surface area contributed by atoms with Crippen LogP contribution in [0.3, 0.4) is 0 Å². The van der Waals surface area contributed by atoms with Gasteiger partial charge in [0.15, 0.2) is 0 Å². The van der Waals surface area contributed by atoms with E-state index in [0.29, 0.717) is 29.3 Å². The van der Waals surface area contributed by atoms with Gasteiger partial charge in [0.05, 0.1) is 11.6 Å². The highest BCUT2D eigenvalue weighted by atomic mass is 16.5. The largest absolute Gasteiger partial charge is 0.457 e. The first-order valence-electron chi connectivity index (χ1n) is 8.50. The highest BCUT2D eigenvalue weighted by Gasteiger charge is 2.18. The van der Waals surface area contributed by atoms with Crippen LogP contribution < -0.4 is 26.2 Å². The molecule has 1 atom stereocenters. The topological polar surface area (TPSA) is 115 Å². The minimum Gasteiger partial charge on any atom is -0.457 e. The SMILES string of the molecule is N#Cc1ccc(Oc2ccc(NC(=O)C(=O)NCC3CCNN3)cc2)cc1. The van der Waals surface area contributed by atoms with Gasteiger partial charge in [0.2, 0.25) is 0 Å². The molecule has 1 heterocycles. The quantitative estimate of drug-likeness (QED) is 0.593. The van der Waals surface area contributed by atoms with Gasteiger partial charge in [-0.1, -0.05) is 0 Å². The third-order valence-electron chi connectivity index (χ3n) is 3.97. The van der Waals surface area contributed by atoms with Crippen molar-refractivity contribution in [3.05, 3.63) is 54.1 Å². The lowest BCUT2D eigenvalue weighted by Crippen LogP contribution is -2.43. The molecule has 1 unspecified atom stereocenters. The number of benzene rings is 2. The second-order valence-corrected chi connectivity index (χ2v) is 5.98. The van der Waals surface area contributed by atoms with Crippen LogP contribution in [0.15, 0.2) is 48.5 Å². The van der Waals surface area contributed by atoms with Gasteiger partial charge in [0, 0.05) is 24.8 Å². The third-order valence-corrected chi connectivity index (χ3v) is 3.97. The standard InChI is InChI=1S/C19H19N5O3/c20-11-13-1-5-16(6-2-13)27-17-7-3-14(4-8-17)23-19(26)18(25)21-12-15-9-10-22-24-15/h1-8,15,22,24H,9-10,12H2,(H,21,25)(H,23,26). The lowest BCUT2D eigenvalue weighted by atomic mass is 10.2. The maximum Gasteiger partial charge on any atom is 0.313 e. The zero-order valence-electron chi connectivity index (χ0n) is 14.5. The Morgan fingerprint density at radius 3 is 2.33 bits per heavy atom. The highest BCUT2D eigenvalue weighted by molar-refractivity contribution is 6.39. The van der Waals surface area contributed by atoms with Crippen molar-refractivity contribution in [3.63, 3.8) is 0 Å². The molecule has 0 spiro atoms. The van der Waals surface area contributed by atoms with E-state index in [-0.39, 0.29) is 6.04 Å². The minimum absolute atomic E-state index is 0.125. The number of nitrogens with zero attached hydrogens (tertiary/aromatic N) is 1. The van der Waals surface area contributed by atoms with Crippen molar-refractivity contribution >= 4 is 17.5 Å². The molecule has 3 rings (SSSR count). The van der Waals surface area contributed by atoms with Crippen LogP contribution in [0.5, 0.6) is 11.5 Å². The summed E-state index contributed by atoms with van der Waals surface area (Å²) in [5, 5.41) is 13.9. The molecule has 27 heavy (non-hydrogen) atoms. The van der Waals surface area contributed by atoms with Crippen molar-refractivity contribution in [1.29, 1.82) is 5.26 Å². The van der Waals surface area contributed by atoms with Crippen LogP contribution in [0.25, 0.3) is 0 Å². The maximum absolute atomic E-state index is 11.9. The van der Waals surface area contributed by atoms with Gasteiger partial charge >= 0.3 is 11.8 Å². The Morgan fingerprint density at radius 1 is 1.07 bits per heavy atom. The van der Waals surface area contributed by atoms with E-state index in [2.05, 4.69) is 21.5 Å². The van der Waals surface area contributed by atoms with Crippen molar-refractivity contribution in [2.24, 2.45) is 0 Å². The van der Waals surface area contributed by atoms with Crippen molar-refractivity contribution in [3.8, 4) is 17.6 Å². The molecule has 0 bridgehead atoms. The van der Waals surface area contributed by atoms with Gasteiger partial charge in [0.25, 0.3) is 0 Å². The van der Waals surface area contributed by atoms with E-state index in [0.717, 1.165) is 13.0 Å². The molecule has 1 aliphatic rings. The molecule has 2 aromatic carbocycles. The molecule has 0 aliphatic carbocycles. The van der Waals surface area contributed by atoms with Gasteiger partial charge in [-0.25, -0.2) is 0 Å². The fraction of sp³-hybridized carbons (Fsp3) is 0.211. The van der Waals surface area contributed by atoms with E-state index in [1.807, 2.05) is 6.07 Å². The van der Waals surface area contributed by atoms with Crippen molar-refractivity contribution in [2.75, 3.05) is 18.4 Å². The van der Waals surface area contributed by atoms with Crippen LogP contribution in [0.1, 0.15) is 12.0 Å². The van der Waals surface area contributed by atoms with Gasteiger partial charge in [0.1, 0.15) is 11.5 Å². The summed E-state index contributed by atoms with van der Waals surface area (Å²) in [4.78, 5) is 23.8. The van der Waals surface area contributed by atoms with Crippen LogP contribution in [-0.2, 0) is 9.59 Å². The molecule has 1 fully saturated rings. The van der Waals surface area contributed by atoms with Crippen LogP contribution >= 0.6 is 0 Å². The molecule has 0 radical (unpaired) electrons. The van der Waals surface area contributed by atoms with E-state index in [4.69, 9.17) is 10.00 Å². The van der Waals surface area contributed by atoms with Gasteiger partial charge in [-0.15, -0.1) is 0 Å². The van der Waals surface area contributed by atoms with E-state index in [1.165, 1.54) is 0 Å². The summed E-state index contributed by atoms with van der Waals surface area (Å²) >= 11 is 0. The Labute approximate surface area is 156 Å². The monoisotopic (exact) mass is 365 g/mol. The molecule has 1 saturated heterocycles. The van der Waals surface area contributed by atoms with E-state index in [1.54, 1.807) is 48.5 Å². The number of hydrazine groups is 1. The first-order valence-corrected chi connectivity index (χ1v) is 8.50. The fourth-order valence-corrected chi connectivity index (χ4v) is 2.51. The predicted molar refractivity (Wildman–Crippen MR) is 98.9 cm³/mol. The van der Waals surface area contributed by atoms with Crippen LogP contribution in [0, 0.1) is 11.3 Å². The number of carbonyl (C=O) groups excluding carboxylic acids is 2. The third kappa shape index (κ3) is 5.28. The first-order chi connectivity index (χ1) is 13.1. The molecule has 8 heteroatoms. The highest BCUT2D eigenvalue weighted by Crippen LogP contribution is 2.23. The number of carbonyl (C=O) groups is 2. The van der Waals surface area contributed by atoms with Crippen molar-refractivity contribution < 1.29 is 14.3 Å². The van der Waals surface area contributed by atoms with Crippen LogP contribution in [-0.4, -0.2) is 30.9 Å². The lowest BCUT2D eigenvalue weighted by molar-refractivity contribution is -0.136. The van der Waals surface area contributed by atoms with Crippen LogP contribution in [0.4, 0.5) is 5.69 Å². The molecule has 8 nitrogen and oxygen atoms in total. The average molecular weight is 365 g/mol.